The van der Waals surface area contributed by atoms with Crippen molar-refractivity contribution in [2.24, 2.45) is 0 Å². The molecule has 0 saturated carbocycles. The molecule has 6 heteroatoms. The average Bonchev–Trinajstić information content (AvgIpc) is 3.27. The first-order chi connectivity index (χ1) is 13.7. The molecule has 2 heterocycles. The molecule has 1 amide bonds. The molecule has 146 valence electrons. The number of ether oxygens (including phenoxy) is 1. The summed E-state index contributed by atoms with van der Waals surface area (Å²) in [5.74, 6) is 1.11. The van der Waals surface area contributed by atoms with Crippen LogP contribution in [-0.4, -0.2) is 61.3 Å². The zero-order valence-electron chi connectivity index (χ0n) is 15.7. The maximum atomic E-state index is 12.3. The van der Waals surface area contributed by atoms with Gasteiger partial charge in [-0.05, 0) is 23.6 Å². The van der Waals surface area contributed by atoms with Gasteiger partial charge < -0.3 is 24.1 Å². The quantitative estimate of drug-likeness (QED) is 0.674. The van der Waals surface area contributed by atoms with Gasteiger partial charge in [0, 0.05) is 5.39 Å². The molecule has 1 saturated heterocycles. The van der Waals surface area contributed by atoms with Crippen LogP contribution in [0.1, 0.15) is 10.6 Å². The molecule has 0 bridgehead atoms. The van der Waals surface area contributed by atoms with Gasteiger partial charge in [0.15, 0.2) is 5.76 Å². The van der Waals surface area contributed by atoms with E-state index in [1.165, 1.54) is 11.2 Å². The molecule has 2 N–H and O–H groups in total. The molecular weight excluding hydrogens is 356 g/mol. The van der Waals surface area contributed by atoms with E-state index < -0.39 is 6.10 Å². The van der Waals surface area contributed by atoms with E-state index in [0.717, 1.165) is 29.6 Å². The number of fused-ring (bicyclic) bond motifs is 1. The summed E-state index contributed by atoms with van der Waals surface area (Å²) in [4.78, 5) is 15.4. The van der Waals surface area contributed by atoms with Crippen LogP contribution in [0.25, 0.3) is 10.8 Å². The molecule has 4 rings (SSSR count). The van der Waals surface area contributed by atoms with Crippen molar-refractivity contribution in [3.05, 3.63) is 66.6 Å². The van der Waals surface area contributed by atoms with Crippen LogP contribution < -0.4 is 9.64 Å². The maximum Gasteiger partial charge on any atom is 0.289 e. The van der Waals surface area contributed by atoms with Crippen LogP contribution in [-0.2, 0) is 0 Å². The van der Waals surface area contributed by atoms with Gasteiger partial charge in [-0.2, -0.15) is 0 Å². The molecule has 1 atom stereocenters. The number of nitrogens with zero attached hydrogens (tertiary/aromatic N) is 1. The summed E-state index contributed by atoms with van der Waals surface area (Å²) >= 11 is 0. The normalized spacial score (nSPS) is 16.2. The predicted molar refractivity (Wildman–Crippen MR) is 106 cm³/mol. The van der Waals surface area contributed by atoms with Gasteiger partial charge >= 0.3 is 0 Å². The van der Waals surface area contributed by atoms with Gasteiger partial charge in [0.1, 0.15) is 25.0 Å². The van der Waals surface area contributed by atoms with Crippen LogP contribution in [0.15, 0.2) is 65.3 Å². The average molecular weight is 381 g/mol. The fourth-order valence-corrected chi connectivity index (χ4v) is 3.69. The molecule has 1 aromatic heterocycles. The number of carbonyl (C=O) groups excluding carboxylic acids is 1. The first kappa shape index (κ1) is 18.5. The van der Waals surface area contributed by atoms with Crippen LogP contribution in [0.2, 0.25) is 0 Å². The van der Waals surface area contributed by atoms with E-state index in [1.54, 1.807) is 17.0 Å². The smallest absolute Gasteiger partial charge is 0.289 e. The number of amides is 1. The molecule has 0 radical (unpaired) electrons. The van der Waals surface area contributed by atoms with Crippen LogP contribution in [0.3, 0.4) is 0 Å². The number of aliphatic hydroxyl groups is 1. The van der Waals surface area contributed by atoms with Crippen molar-refractivity contribution in [3.63, 3.8) is 0 Å². The Balaban J connectivity index is 1.26. The Hall–Kier alpha value is -2.83. The van der Waals surface area contributed by atoms with Gasteiger partial charge in [0.25, 0.3) is 5.91 Å². The third kappa shape index (κ3) is 4.18. The summed E-state index contributed by atoms with van der Waals surface area (Å²) in [6.07, 6.45) is 0.961. The largest absolute Gasteiger partial charge is 0.490 e. The van der Waals surface area contributed by atoms with Gasteiger partial charge in [-0.25, -0.2) is 0 Å². The number of furan rings is 1. The molecule has 0 unspecified atom stereocenters. The number of carbonyl (C=O) groups is 1. The van der Waals surface area contributed by atoms with E-state index >= 15 is 0 Å². The van der Waals surface area contributed by atoms with E-state index in [0.29, 0.717) is 25.4 Å². The minimum atomic E-state index is -0.554. The molecule has 1 fully saturated rings. The summed E-state index contributed by atoms with van der Waals surface area (Å²) in [6.45, 7) is 3.78. The number of quaternary nitrogens is 1. The number of piperazine rings is 1. The van der Waals surface area contributed by atoms with Gasteiger partial charge in [0.2, 0.25) is 0 Å². The van der Waals surface area contributed by atoms with Crippen molar-refractivity contribution in [2.75, 3.05) is 39.3 Å². The van der Waals surface area contributed by atoms with Crippen LogP contribution in [0.4, 0.5) is 0 Å². The highest BCUT2D eigenvalue weighted by Gasteiger charge is 2.27. The lowest BCUT2D eigenvalue weighted by molar-refractivity contribution is -0.907. The lowest BCUT2D eigenvalue weighted by Crippen LogP contribution is -3.16. The number of hydrogen-bond acceptors (Lipinski definition) is 4. The highest BCUT2D eigenvalue weighted by atomic mass is 16.5. The second kappa shape index (κ2) is 8.46. The van der Waals surface area contributed by atoms with Gasteiger partial charge in [-0.3, -0.25) is 4.79 Å². The van der Waals surface area contributed by atoms with Crippen LogP contribution in [0, 0.1) is 0 Å². The number of hydrogen-bond donors (Lipinski definition) is 2. The Labute approximate surface area is 163 Å². The van der Waals surface area contributed by atoms with Crippen molar-refractivity contribution in [1.82, 2.24) is 4.90 Å². The molecule has 2 aromatic carbocycles. The fraction of sp³-hybridized carbons (Fsp3) is 0.318. The van der Waals surface area contributed by atoms with E-state index in [1.807, 2.05) is 42.5 Å². The Bertz CT molecular complexity index is 912. The summed E-state index contributed by atoms with van der Waals surface area (Å²) in [5.41, 5.74) is 0. The Morgan fingerprint density at radius 1 is 1.11 bits per heavy atom. The summed E-state index contributed by atoms with van der Waals surface area (Å²) < 4.78 is 11.1. The minimum Gasteiger partial charge on any atom is -0.490 e. The second-order valence-corrected chi connectivity index (χ2v) is 7.17. The Kier molecular flexibility index (Phi) is 5.60. The van der Waals surface area contributed by atoms with Crippen molar-refractivity contribution in [1.29, 1.82) is 0 Å². The molecule has 1 aliphatic rings. The standard InChI is InChI=1S/C22H24N2O4/c25-18(16-28-20-8-3-6-17-5-1-2-7-19(17)20)15-23-10-12-24(13-11-23)22(26)21-9-4-14-27-21/h1-9,14,18,25H,10-13,15-16H2/p+1/t18-/m1/s1. The first-order valence-corrected chi connectivity index (χ1v) is 9.65. The second-order valence-electron chi connectivity index (χ2n) is 7.17. The summed E-state index contributed by atoms with van der Waals surface area (Å²) in [5, 5.41) is 12.6. The Morgan fingerprint density at radius 3 is 2.68 bits per heavy atom. The van der Waals surface area contributed by atoms with Crippen molar-refractivity contribution in [2.45, 2.75) is 6.10 Å². The van der Waals surface area contributed by atoms with Gasteiger partial charge in [0.05, 0.1) is 32.4 Å². The highest BCUT2D eigenvalue weighted by molar-refractivity contribution is 5.91. The molecule has 0 spiro atoms. The summed E-state index contributed by atoms with van der Waals surface area (Å²) in [7, 11) is 0. The highest BCUT2D eigenvalue weighted by Crippen LogP contribution is 2.25. The van der Waals surface area contributed by atoms with Crippen LogP contribution >= 0.6 is 0 Å². The van der Waals surface area contributed by atoms with E-state index in [4.69, 9.17) is 9.15 Å². The minimum absolute atomic E-state index is 0.0658. The monoisotopic (exact) mass is 381 g/mol. The molecule has 0 aliphatic carbocycles. The van der Waals surface area contributed by atoms with Crippen LogP contribution in [0.5, 0.6) is 5.75 Å². The van der Waals surface area contributed by atoms with Crippen molar-refractivity contribution >= 4 is 16.7 Å². The molecular formula is C22H25N2O4+. The summed E-state index contributed by atoms with van der Waals surface area (Å²) in [6, 6.07) is 17.4. The maximum absolute atomic E-state index is 12.3. The van der Waals surface area contributed by atoms with E-state index in [2.05, 4.69) is 0 Å². The molecule has 3 aromatic rings. The lowest BCUT2D eigenvalue weighted by Gasteiger charge is -2.32. The van der Waals surface area contributed by atoms with Gasteiger partial charge in [-0.1, -0.05) is 36.4 Å². The van der Waals surface area contributed by atoms with Crippen molar-refractivity contribution < 1.29 is 24.0 Å². The zero-order valence-corrected chi connectivity index (χ0v) is 15.7. The third-order valence-corrected chi connectivity index (χ3v) is 5.19. The van der Waals surface area contributed by atoms with E-state index in [-0.39, 0.29) is 12.5 Å². The third-order valence-electron chi connectivity index (χ3n) is 5.19. The molecule has 1 aliphatic heterocycles. The molecule has 6 nitrogen and oxygen atoms in total. The first-order valence-electron chi connectivity index (χ1n) is 9.65. The molecule has 28 heavy (non-hydrogen) atoms. The fourth-order valence-electron chi connectivity index (χ4n) is 3.69. The van der Waals surface area contributed by atoms with Crippen molar-refractivity contribution in [3.8, 4) is 5.75 Å². The number of nitrogens with one attached hydrogen (secondary N) is 1. The topological polar surface area (TPSA) is 67.4 Å². The van der Waals surface area contributed by atoms with Gasteiger partial charge in [-0.15, -0.1) is 0 Å². The predicted octanol–water partition coefficient (Wildman–Crippen LogP) is 1.21. The number of benzene rings is 2. The SMILES string of the molecule is O=C(c1ccco1)N1CC[NH+](C[C@@H](O)COc2cccc3ccccc23)CC1. The lowest BCUT2D eigenvalue weighted by atomic mass is 10.1. The number of aliphatic hydroxyl groups excluding tert-OH is 1. The van der Waals surface area contributed by atoms with E-state index in [9.17, 15) is 9.90 Å². The number of rotatable bonds is 6. The zero-order chi connectivity index (χ0) is 19.3. The Morgan fingerprint density at radius 2 is 1.89 bits per heavy atom.